The third-order valence-electron chi connectivity index (χ3n) is 2.75. The SMILES string of the molecule is CNC(C(=O)Nc1sc(C)nc1C)c1cnn(C)c1.Cl. The lowest BCUT2D eigenvalue weighted by Crippen LogP contribution is -2.30. The summed E-state index contributed by atoms with van der Waals surface area (Å²) >= 11 is 1.48. The second-order valence-electron chi connectivity index (χ2n) is 4.31. The zero-order valence-electron chi connectivity index (χ0n) is 11.8. The molecule has 0 saturated heterocycles. The minimum absolute atomic E-state index is 0. The molecule has 0 saturated carbocycles. The van der Waals surface area contributed by atoms with Crippen LogP contribution in [-0.4, -0.2) is 27.7 Å². The zero-order chi connectivity index (χ0) is 14.0. The van der Waals surface area contributed by atoms with E-state index in [4.69, 9.17) is 0 Å². The molecule has 2 rings (SSSR count). The maximum absolute atomic E-state index is 12.3. The fraction of sp³-hybridized carbons (Fsp3) is 0.417. The van der Waals surface area contributed by atoms with E-state index in [1.54, 1.807) is 17.9 Å². The first-order valence-corrected chi connectivity index (χ1v) is 6.73. The average molecular weight is 316 g/mol. The molecule has 0 bridgehead atoms. The number of nitrogens with zero attached hydrogens (tertiary/aromatic N) is 3. The van der Waals surface area contributed by atoms with Crippen LogP contribution < -0.4 is 10.6 Å². The van der Waals surface area contributed by atoms with Gasteiger partial charge in [0.25, 0.3) is 0 Å². The van der Waals surface area contributed by atoms with Crippen LogP contribution in [0, 0.1) is 13.8 Å². The highest BCUT2D eigenvalue weighted by molar-refractivity contribution is 7.16. The number of thiazole rings is 1. The molecule has 2 N–H and O–H groups in total. The number of rotatable bonds is 4. The number of nitrogens with one attached hydrogen (secondary N) is 2. The number of hydrogen-bond acceptors (Lipinski definition) is 5. The van der Waals surface area contributed by atoms with Gasteiger partial charge in [-0.15, -0.1) is 23.7 Å². The van der Waals surface area contributed by atoms with E-state index in [9.17, 15) is 4.79 Å². The number of hydrogen-bond donors (Lipinski definition) is 2. The monoisotopic (exact) mass is 315 g/mol. The van der Waals surface area contributed by atoms with Crippen molar-refractivity contribution >= 4 is 34.7 Å². The lowest BCUT2D eigenvalue weighted by atomic mass is 10.1. The van der Waals surface area contributed by atoms with Crippen LogP contribution in [0.4, 0.5) is 5.00 Å². The van der Waals surface area contributed by atoms with Gasteiger partial charge in [-0.05, 0) is 20.9 Å². The quantitative estimate of drug-likeness (QED) is 0.902. The summed E-state index contributed by atoms with van der Waals surface area (Å²) < 4.78 is 1.68. The summed E-state index contributed by atoms with van der Waals surface area (Å²) in [6, 6.07) is -0.421. The fourth-order valence-corrected chi connectivity index (χ4v) is 2.69. The summed E-state index contributed by atoms with van der Waals surface area (Å²) in [5.74, 6) is -0.109. The molecular formula is C12H18ClN5OS. The molecule has 2 aromatic heterocycles. The maximum atomic E-state index is 12.3. The summed E-state index contributed by atoms with van der Waals surface area (Å²) in [6.07, 6.45) is 3.51. The van der Waals surface area contributed by atoms with E-state index in [1.165, 1.54) is 11.3 Å². The molecule has 20 heavy (non-hydrogen) atoms. The van der Waals surface area contributed by atoms with E-state index in [0.717, 1.165) is 21.3 Å². The average Bonchev–Trinajstić information content (AvgIpc) is 2.87. The van der Waals surface area contributed by atoms with Crippen molar-refractivity contribution in [2.24, 2.45) is 7.05 Å². The summed E-state index contributed by atoms with van der Waals surface area (Å²) in [5, 5.41) is 11.7. The van der Waals surface area contributed by atoms with Crippen molar-refractivity contribution in [3.05, 3.63) is 28.7 Å². The first-order chi connectivity index (χ1) is 9.01. The summed E-state index contributed by atoms with van der Waals surface area (Å²) in [5.41, 5.74) is 1.68. The van der Waals surface area contributed by atoms with Crippen molar-refractivity contribution in [2.75, 3.05) is 12.4 Å². The molecule has 0 aliphatic rings. The molecule has 2 aromatic rings. The second kappa shape index (κ2) is 6.83. The molecule has 1 unspecified atom stereocenters. The Labute approximate surface area is 128 Å². The van der Waals surface area contributed by atoms with E-state index in [-0.39, 0.29) is 18.3 Å². The lowest BCUT2D eigenvalue weighted by molar-refractivity contribution is -0.118. The first kappa shape index (κ1) is 16.6. The van der Waals surface area contributed by atoms with Crippen molar-refractivity contribution in [1.29, 1.82) is 0 Å². The van der Waals surface area contributed by atoms with Crippen LogP contribution in [0.15, 0.2) is 12.4 Å². The second-order valence-corrected chi connectivity index (χ2v) is 5.51. The van der Waals surface area contributed by atoms with E-state index in [0.29, 0.717) is 0 Å². The van der Waals surface area contributed by atoms with Crippen LogP contribution in [0.2, 0.25) is 0 Å². The Morgan fingerprint density at radius 1 is 1.45 bits per heavy atom. The van der Waals surface area contributed by atoms with Gasteiger partial charge >= 0.3 is 0 Å². The Kier molecular flexibility index (Phi) is 5.67. The topological polar surface area (TPSA) is 71.8 Å². The Bertz CT molecular complexity index is 594. The molecule has 0 radical (unpaired) electrons. The number of anilines is 1. The van der Waals surface area contributed by atoms with Crippen LogP contribution >= 0.6 is 23.7 Å². The Balaban J connectivity index is 0.00000200. The van der Waals surface area contributed by atoms with Gasteiger partial charge in [-0.3, -0.25) is 9.48 Å². The number of carbonyl (C=O) groups is 1. The van der Waals surface area contributed by atoms with E-state index in [2.05, 4.69) is 20.7 Å². The van der Waals surface area contributed by atoms with Gasteiger partial charge in [0.2, 0.25) is 5.91 Å². The van der Waals surface area contributed by atoms with Crippen molar-refractivity contribution in [3.63, 3.8) is 0 Å². The van der Waals surface area contributed by atoms with Gasteiger partial charge in [0, 0.05) is 18.8 Å². The number of aromatic nitrogens is 3. The van der Waals surface area contributed by atoms with E-state index >= 15 is 0 Å². The van der Waals surface area contributed by atoms with Crippen LogP contribution in [0.3, 0.4) is 0 Å². The zero-order valence-corrected chi connectivity index (χ0v) is 13.4. The van der Waals surface area contributed by atoms with Gasteiger partial charge in [-0.25, -0.2) is 4.98 Å². The molecule has 0 aromatic carbocycles. The lowest BCUT2D eigenvalue weighted by Gasteiger charge is -2.13. The third-order valence-corrected chi connectivity index (χ3v) is 3.74. The number of amides is 1. The number of likely N-dealkylation sites (N-methyl/N-ethyl adjacent to an activating group) is 1. The Morgan fingerprint density at radius 2 is 2.15 bits per heavy atom. The van der Waals surface area contributed by atoms with Crippen molar-refractivity contribution in [2.45, 2.75) is 19.9 Å². The minimum Gasteiger partial charge on any atom is -0.314 e. The van der Waals surface area contributed by atoms with Crippen LogP contribution in [-0.2, 0) is 11.8 Å². The minimum atomic E-state index is -0.421. The summed E-state index contributed by atoms with van der Waals surface area (Å²) in [7, 11) is 3.58. The molecule has 0 fully saturated rings. The fourth-order valence-electron chi connectivity index (χ4n) is 1.87. The van der Waals surface area contributed by atoms with Crippen LogP contribution in [0.5, 0.6) is 0 Å². The van der Waals surface area contributed by atoms with Gasteiger partial charge in [0.15, 0.2) is 0 Å². The molecule has 0 aliphatic carbocycles. The molecule has 0 aliphatic heterocycles. The molecule has 110 valence electrons. The standard InChI is InChI=1S/C12H17N5OS.ClH/c1-7-12(19-8(2)15-7)16-11(18)10(13-3)9-5-14-17(4)6-9;/h5-6,10,13H,1-4H3,(H,16,18);1H. The Hall–Kier alpha value is -1.44. The van der Waals surface area contributed by atoms with E-state index in [1.807, 2.05) is 27.1 Å². The summed E-state index contributed by atoms with van der Waals surface area (Å²) in [4.78, 5) is 16.6. The van der Waals surface area contributed by atoms with Crippen molar-refractivity contribution in [1.82, 2.24) is 20.1 Å². The molecule has 8 heteroatoms. The number of halogens is 1. The normalized spacial score (nSPS) is 11.8. The van der Waals surface area contributed by atoms with Gasteiger partial charge in [-0.1, -0.05) is 0 Å². The maximum Gasteiger partial charge on any atom is 0.246 e. The highest BCUT2D eigenvalue weighted by atomic mass is 35.5. The summed E-state index contributed by atoms with van der Waals surface area (Å²) in [6.45, 7) is 3.81. The number of aryl methyl sites for hydroxylation is 3. The van der Waals surface area contributed by atoms with Crippen LogP contribution in [0.25, 0.3) is 0 Å². The molecule has 2 heterocycles. The molecule has 1 amide bonds. The van der Waals surface area contributed by atoms with Gasteiger partial charge < -0.3 is 10.6 Å². The van der Waals surface area contributed by atoms with E-state index < -0.39 is 6.04 Å². The van der Waals surface area contributed by atoms with Crippen LogP contribution in [0.1, 0.15) is 22.3 Å². The molecule has 0 spiro atoms. The number of carbonyl (C=O) groups excluding carboxylic acids is 1. The predicted molar refractivity (Wildman–Crippen MR) is 82.5 cm³/mol. The predicted octanol–water partition coefficient (Wildman–Crippen LogP) is 1.81. The largest absolute Gasteiger partial charge is 0.314 e. The van der Waals surface area contributed by atoms with Gasteiger partial charge in [0.05, 0.1) is 16.9 Å². The smallest absolute Gasteiger partial charge is 0.246 e. The Morgan fingerprint density at radius 3 is 2.60 bits per heavy atom. The van der Waals surface area contributed by atoms with Gasteiger partial charge in [0.1, 0.15) is 11.0 Å². The van der Waals surface area contributed by atoms with Crippen molar-refractivity contribution < 1.29 is 4.79 Å². The van der Waals surface area contributed by atoms with Gasteiger partial charge in [-0.2, -0.15) is 5.10 Å². The highest BCUT2D eigenvalue weighted by Gasteiger charge is 2.21. The van der Waals surface area contributed by atoms with Crippen molar-refractivity contribution in [3.8, 4) is 0 Å². The highest BCUT2D eigenvalue weighted by Crippen LogP contribution is 2.24. The molecular weight excluding hydrogens is 298 g/mol. The molecule has 1 atom stereocenters. The first-order valence-electron chi connectivity index (χ1n) is 5.92. The third kappa shape index (κ3) is 3.56. The molecule has 6 nitrogen and oxygen atoms in total.